The SMILES string of the molecule is O=C(O)c1cnc(-c2cccnc2)nc1N1CCCCCC1. The molecule has 6 heteroatoms. The van der Waals surface area contributed by atoms with E-state index in [1.165, 1.54) is 19.0 Å². The van der Waals surface area contributed by atoms with E-state index in [1.807, 2.05) is 12.1 Å². The van der Waals surface area contributed by atoms with E-state index in [4.69, 9.17) is 0 Å². The third kappa shape index (κ3) is 3.05. The minimum absolute atomic E-state index is 0.162. The average molecular weight is 298 g/mol. The molecule has 1 fully saturated rings. The summed E-state index contributed by atoms with van der Waals surface area (Å²) in [5.74, 6) is 0.0394. The van der Waals surface area contributed by atoms with Crippen molar-refractivity contribution < 1.29 is 9.90 Å². The lowest BCUT2D eigenvalue weighted by Crippen LogP contribution is -2.27. The first-order valence-electron chi connectivity index (χ1n) is 7.51. The zero-order chi connectivity index (χ0) is 15.4. The fourth-order valence-corrected chi connectivity index (χ4v) is 2.68. The van der Waals surface area contributed by atoms with Crippen LogP contribution in [0, 0.1) is 0 Å². The molecule has 1 aliphatic rings. The summed E-state index contributed by atoms with van der Waals surface area (Å²) >= 11 is 0. The Labute approximate surface area is 128 Å². The quantitative estimate of drug-likeness (QED) is 0.938. The standard InChI is InChI=1S/C16H18N4O2/c21-16(22)13-11-18-14(12-6-5-7-17-10-12)19-15(13)20-8-3-1-2-4-9-20/h5-7,10-11H,1-4,8-9H2,(H,21,22). The number of carboxylic acid groups (broad SMARTS) is 1. The molecule has 22 heavy (non-hydrogen) atoms. The molecule has 6 nitrogen and oxygen atoms in total. The van der Waals surface area contributed by atoms with Crippen molar-refractivity contribution in [2.24, 2.45) is 0 Å². The van der Waals surface area contributed by atoms with Crippen LogP contribution >= 0.6 is 0 Å². The van der Waals surface area contributed by atoms with Crippen LogP contribution in [0.4, 0.5) is 5.82 Å². The lowest BCUT2D eigenvalue weighted by atomic mass is 10.2. The molecule has 0 atom stereocenters. The highest BCUT2D eigenvalue weighted by atomic mass is 16.4. The van der Waals surface area contributed by atoms with Crippen LogP contribution in [0.2, 0.25) is 0 Å². The summed E-state index contributed by atoms with van der Waals surface area (Å²) in [5, 5.41) is 9.41. The monoisotopic (exact) mass is 298 g/mol. The summed E-state index contributed by atoms with van der Waals surface area (Å²) in [5.41, 5.74) is 0.949. The summed E-state index contributed by atoms with van der Waals surface area (Å²) in [6, 6.07) is 3.68. The number of aromatic carboxylic acids is 1. The number of hydrogen-bond donors (Lipinski definition) is 1. The molecule has 0 spiro atoms. The summed E-state index contributed by atoms with van der Waals surface area (Å²) in [6.45, 7) is 1.67. The van der Waals surface area contributed by atoms with Gasteiger partial charge in [0.05, 0.1) is 0 Å². The van der Waals surface area contributed by atoms with Crippen LogP contribution in [-0.4, -0.2) is 39.1 Å². The topological polar surface area (TPSA) is 79.2 Å². The second kappa shape index (κ2) is 6.51. The number of anilines is 1. The molecule has 0 bridgehead atoms. The van der Waals surface area contributed by atoms with E-state index in [9.17, 15) is 9.90 Å². The van der Waals surface area contributed by atoms with E-state index < -0.39 is 5.97 Å². The molecule has 0 radical (unpaired) electrons. The summed E-state index contributed by atoms with van der Waals surface area (Å²) in [6.07, 6.45) is 9.25. The van der Waals surface area contributed by atoms with E-state index in [0.717, 1.165) is 31.5 Å². The van der Waals surface area contributed by atoms with E-state index in [1.54, 1.807) is 12.4 Å². The Morgan fingerprint density at radius 3 is 2.55 bits per heavy atom. The molecule has 3 rings (SSSR count). The Morgan fingerprint density at radius 1 is 1.14 bits per heavy atom. The van der Waals surface area contributed by atoms with Crippen molar-refractivity contribution in [3.8, 4) is 11.4 Å². The van der Waals surface area contributed by atoms with E-state index in [0.29, 0.717) is 11.6 Å². The van der Waals surface area contributed by atoms with Crippen molar-refractivity contribution in [2.45, 2.75) is 25.7 Å². The maximum absolute atomic E-state index is 11.5. The van der Waals surface area contributed by atoms with Gasteiger partial charge >= 0.3 is 5.97 Å². The molecule has 0 unspecified atom stereocenters. The van der Waals surface area contributed by atoms with E-state index in [2.05, 4.69) is 19.9 Å². The minimum Gasteiger partial charge on any atom is -0.477 e. The Hall–Kier alpha value is -2.50. The Bertz CT molecular complexity index is 652. The predicted molar refractivity (Wildman–Crippen MR) is 82.9 cm³/mol. The maximum Gasteiger partial charge on any atom is 0.341 e. The van der Waals surface area contributed by atoms with Crippen molar-refractivity contribution in [3.63, 3.8) is 0 Å². The molecule has 1 saturated heterocycles. The molecule has 2 aromatic rings. The van der Waals surface area contributed by atoms with Gasteiger partial charge in [-0.15, -0.1) is 0 Å². The van der Waals surface area contributed by atoms with Gasteiger partial charge in [0, 0.05) is 37.2 Å². The molecule has 1 N–H and O–H groups in total. The van der Waals surface area contributed by atoms with Gasteiger partial charge in [-0.2, -0.15) is 0 Å². The number of rotatable bonds is 3. The first-order chi connectivity index (χ1) is 10.8. The molecular formula is C16H18N4O2. The van der Waals surface area contributed by atoms with Crippen LogP contribution in [0.15, 0.2) is 30.7 Å². The summed E-state index contributed by atoms with van der Waals surface area (Å²) < 4.78 is 0. The fraction of sp³-hybridized carbons (Fsp3) is 0.375. The second-order valence-corrected chi connectivity index (χ2v) is 5.38. The third-order valence-electron chi connectivity index (χ3n) is 3.82. The fourth-order valence-electron chi connectivity index (χ4n) is 2.68. The van der Waals surface area contributed by atoms with Crippen molar-refractivity contribution >= 4 is 11.8 Å². The van der Waals surface area contributed by atoms with Gasteiger partial charge in [0.2, 0.25) is 0 Å². The van der Waals surface area contributed by atoms with Gasteiger partial charge in [-0.05, 0) is 25.0 Å². The second-order valence-electron chi connectivity index (χ2n) is 5.38. The highest BCUT2D eigenvalue weighted by molar-refractivity contribution is 5.93. The first kappa shape index (κ1) is 14.4. The zero-order valence-electron chi connectivity index (χ0n) is 12.3. The third-order valence-corrected chi connectivity index (χ3v) is 3.82. The average Bonchev–Trinajstić information content (AvgIpc) is 2.84. The number of hydrogen-bond acceptors (Lipinski definition) is 5. The largest absolute Gasteiger partial charge is 0.477 e. The number of nitrogens with zero attached hydrogens (tertiary/aromatic N) is 4. The molecule has 0 aromatic carbocycles. The van der Waals surface area contributed by atoms with Crippen molar-refractivity contribution in [2.75, 3.05) is 18.0 Å². The van der Waals surface area contributed by atoms with Crippen LogP contribution in [0.5, 0.6) is 0 Å². The Balaban J connectivity index is 2.02. The Morgan fingerprint density at radius 2 is 1.91 bits per heavy atom. The van der Waals surface area contributed by atoms with Gasteiger partial charge in [-0.1, -0.05) is 12.8 Å². The lowest BCUT2D eigenvalue weighted by molar-refractivity contribution is 0.0696. The number of pyridine rings is 1. The van der Waals surface area contributed by atoms with Gasteiger partial charge in [0.15, 0.2) is 5.82 Å². The molecule has 3 heterocycles. The minimum atomic E-state index is -0.989. The van der Waals surface area contributed by atoms with Gasteiger partial charge in [0.25, 0.3) is 0 Å². The maximum atomic E-state index is 11.5. The van der Waals surface area contributed by atoms with Crippen molar-refractivity contribution in [1.82, 2.24) is 15.0 Å². The van der Waals surface area contributed by atoms with Gasteiger partial charge < -0.3 is 10.0 Å². The molecule has 0 aliphatic carbocycles. The van der Waals surface area contributed by atoms with Crippen LogP contribution in [0.25, 0.3) is 11.4 Å². The number of carbonyl (C=O) groups is 1. The van der Waals surface area contributed by atoms with Crippen LogP contribution in [0.3, 0.4) is 0 Å². The van der Waals surface area contributed by atoms with Crippen LogP contribution in [-0.2, 0) is 0 Å². The van der Waals surface area contributed by atoms with Gasteiger partial charge in [-0.3, -0.25) is 4.98 Å². The molecule has 1 aliphatic heterocycles. The highest BCUT2D eigenvalue weighted by Gasteiger charge is 2.20. The normalized spacial score (nSPS) is 15.4. The molecule has 0 saturated carbocycles. The Kier molecular flexibility index (Phi) is 4.27. The van der Waals surface area contributed by atoms with Gasteiger partial charge in [0.1, 0.15) is 11.4 Å². The molecule has 2 aromatic heterocycles. The highest BCUT2D eigenvalue weighted by Crippen LogP contribution is 2.24. The summed E-state index contributed by atoms with van der Waals surface area (Å²) in [4.78, 5) is 26.3. The van der Waals surface area contributed by atoms with Crippen molar-refractivity contribution in [3.05, 3.63) is 36.3 Å². The smallest absolute Gasteiger partial charge is 0.341 e. The molecular weight excluding hydrogens is 280 g/mol. The lowest BCUT2D eigenvalue weighted by Gasteiger charge is -2.23. The van der Waals surface area contributed by atoms with Crippen molar-refractivity contribution in [1.29, 1.82) is 0 Å². The van der Waals surface area contributed by atoms with Crippen LogP contribution < -0.4 is 4.90 Å². The van der Waals surface area contributed by atoms with E-state index >= 15 is 0 Å². The first-order valence-corrected chi connectivity index (χ1v) is 7.51. The number of carboxylic acids is 1. The zero-order valence-corrected chi connectivity index (χ0v) is 12.3. The predicted octanol–water partition coefficient (Wildman–Crippen LogP) is 2.62. The molecule has 114 valence electrons. The van der Waals surface area contributed by atoms with Crippen LogP contribution in [0.1, 0.15) is 36.0 Å². The summed E-state index contributed by atoms with van der Waals surface area (Å²) in [7, 11) is 0. The number of aromatic nitrogens is 3. The van der Waals surface area contributed by atoms with E-state index in [-0.39, 0.29) is 5.56 Å². The molecule has 0 amide bonds. The van der Waals surface area contributed by atoms with Gasteiger partial charge in [-0.25, -0.2) is 14.8 Å².